The fraction of sp³-hybridized carbons (Fsp3) is 0.333. The molecule has 1 aliphatic rings. The lowest BCUT2D eigenvalue weighted by Gasteiger charge is -2.36. The molecule has 1 saturated heterocycles. The molecule has 1 aromatic heterocycles. The van der Waals surface area contributed by atoms with Crippen LogP contribution in [0.5, 0.6) is 0 Å². The maximum atomic E-state index is 11.4. The summed E-state index contributed by atoms with van der Waals surface area (Å²) in [6.45, 7) is 4.84. The number of anilines is 2. The van der Waals surface area contributed by atoms with Crippen LogP contribution in [0.25, 0.3) is 10.9 Å². The molecule has 0 radical (unpaired) electrons. The van der Waals surface area contributed by atoms with Crippen molar-refractivity contribution in [1.29, 1.82) is 0 Å². The van der Waals surface area contributed by atoms with Gasteiger partial charge in [0, 0.05) is 50.4 Å². The monoisotopic (exact) mass is 270 g/mol. The van der Waals surface area contributed by atoms with Crippen LogP contribution >= 0.6 is 0 Å². The summed E-state index contributed by atoms with van der Waals surface area (Å²) in [4.78, 5) is 19.9. The van der Waals surface area contributed by atoms with E-state index >= 15 is 0 Å². The van der Waals surface area contributed by atoms with Crippen molar-refractivity contribution in [2.45, 2.75) is 6.92 Å². The molecule has 1 amide bonds. The van der Waals surface area contributed by atoms with E-state index < -0.39 is 0 Å². The molecule has 104 valence electrons. The minimum Gasteiger partial charge on any atom is -0.397 e. The Morgan fingerprint density at radius 2 is 1.95 bits per heavy atom. The number of nitrogens with two attached hydrogens (primary N) is 1. The second kappa shape index (κ2) is 5.00. The Labute approximate surface area is 118 Å². The van der Waals surface area contributed by atoms with Crippen molar-refractivity contribution in [2.24, 2.45) is 0 Å². The number of benzene rings is 1. The minimum absolute atomic E-state index is 0.147. The van der Waals surface area contributed by atoms with Crippen LogP contribution < -0.4 is 10.6 Å². The first-order valence-electron chi connectivity index (χ1n) is 6.80. The molecule has 2 aromatic rings. The molecule has 0 saturated carbocycles. The predicted octanol–water partition coefficient (Wildman–Crippen LogP) is 1.49. The highest BCUT2D eigenvalue weighted by atomic mass is 16.2. The standard InChI is InChI=1S/C15H18N4O/c1-11(20)18-7-9-19(10-8-18)14-5-6-17-15-12(14)3-2-4-13(15)16/h2-6H,7-10,16H2,1H3. The lowest BCUT2D eigenvalue weighted by Crippen LogP contribution is -2.48. The van der Waals surface area contributed by atoms with Crippen molar-refractivity contribution < 1.29 is 4.79 Å². The Balaban J connectivity index is 1.92. The van der Waals surface area contributed by atoms with Crippen LogP contribution in [0.15, 0.2) is 30.5 Å². The van der Waals surface area contributed by atoms with Crippen LogP contribution in [-0.2, 0) is 4.79 Å². The van der Waals surface area contributed by atoms with Gasteiger partial charge in [0.1, 0.15) is 0 Å². The van der Waals surface area contributed by atoms with Crippen molar-refractivity contribution >= 4 is 28.2 Å². The van der Waals surface area contributed by atoms with E-state index in [0.717, 1.165) is 42.8 Å². The number of hydrogen-bond donors (Lipinski definition) is 1. The van der Waals surface area contributed by atoms with Gasteiger partial charge in [0.2, 0.25) is 5.91 Å². The van der Waals surface area contributed by atoms with Gasteiger partial charge in [-0.25, -0.2) is 0 Å². The van der Waals surface area contributed by atoms with Crippen LogP contribution in [0, 0.1) is 0 Å². The Morgan fingerprint density at radius 3 is 2.65 bits per heavy atom. The molecule has 1 fully saturated rings. The summed E-state index contributed by atoms with van der Waals surface area (Å²) in [6.07, 6.45) is 1.80. The molecule has 0 atom stereocenters. The molecule has 0 spiro atoms. The predicted molar refractivity (Wildman–Crippen MR) is 80.6 cm³/mol. The number of rotatable bonds is 1. The number of carbonyl (C=O) groups excluding carboxylic acids is 1. The molecule has 5 nitrogen and oxygen atoms in total. The van der Waals surface area contributed by atoms with E-state index in [1.54, 1.807) is 13.1 Å². The van der Waals surface area contributed by atoms with E-state index in [0.29, 0.717) is 5.69 Å². The first kappa shape index (κ1) is 12.7. The third-order valence-corrected chi connectivity index (χ3v) is 3.84. The van der Waals surface area contributed by atoms with E-state index in [4.69, 9.17) is 5.73 Å². The number of nitrogens with zero attached hydrogens (tertiary/aromatic N) is 3. The summed E-state index contributed by atoms with van der Waals surface area (Å²) < 4.78 is 0. The fourth-order valence-electron chi connectivity index (χ4n) is 2.72. The fourth-order valence-corrected chi connectivity index (χ4v) is 2.72. The molecule has 1 aromatic carbocycles. The summed E-state index contributed by atoms with van der Waals surface area (Å²) >= 11 is 0. The number of piperazine rings is 1. The van der Waals surface area contributed by atoms with Crippen molar-refractivity contribution in [1.82, 2.24) is 9.88 Å². The number of fused-ring (bicyclic) bond motifs is 1. The van der Waals surface area contributed by atoms with Crippen molar-refractivity contribution in [3.8, 4) is 0 Å². The SMILES string of the molecule is CC(=O)N1CCN(c2ccnc3c(N)cccc23)CC1. The average molecular weight is 270 g/mol. The van der Waals surface area contributed by atoms with Gasteiger partial charge in [-0.05, 0) is 12.1 Å². The van der Waals surface area contributed by atoms with Crippen LogP contribution in [-0.4, -0.2) is 42.0 Å². The minimum atomic E-state index is 0.147. The van der Waals surface area contributed by atoms with Crippen LogP contribution in [0.3, 0.4) is 0 Å². The molecule has 5 heteroatoms. The van der Waals surface area contributed by atoms with Gasteiger partial charge in [0.15, 0.2) is 0 Å². The zero-order chi connectivity index (χ0) is 14.1. The molecule has 0 aliphatic carbocycles. The lowest BCUT2D eigenvalue weighted by molar-refractivity contribution is -0.129. The maximum Gasteiger partial charge on any atom is 0.219 e. The van der Waals surface area contributed by atoms with Crippen LogP contribution in [0.2, 0.25) is 0 Å². The Bertz CT molecular complexity index is 647. The largest absolute Gasteiger partial charge is 0.397 e. The van der Waals surface area contributed by atoms with Gasteiger partial charge in [-0.1, -0.05) is 12.1 Å². The van der Waals surface area contributed by atoms with Gasteiger partial charge >= 0.3 is 0 Å². The van der Waals surface area contributed by atoms with E-state index in [1.807, 2.05) is 29.2 Å². The number of pyridine rings is 1. The molecule has 0 bridgehead atoms. The Morgan fingerprint density at radius 1 is 1.20 bits per heavy atom. The van der Waals surface area contributed by atoms with E-state index in [-0.39, 0.29) is 5.91 Å². The molecular weight excluding hydrogens is 252 g/mol. The van der Waals surface area contributed by atoms with Gasteiger partial charge in [-0.2, -0.15) is 0 Å². The zero-order valence-corrected chi connectivity index (χ0v) is 11.5. The number of carbonyl (C=O) groups is 1. The Kier molecular flexibility index (Phi) is 3.18. The zero-order valence-electron chi connectivity index (χ0n) is 11.5. The van der Waals surface area contributed by atoms with Crippen molar-refractivity contribution in [3.05, 3.63) is 30.5 Å². The van der Waals surface area contributed by atoms with E-state index in [2.05, 4.69) is 9.88 Å². The number of hydrogen-bond acceptors (Lipinski definition) is 4. The molecule has 1 aliphatic heterocycles. The molecule has 0 unspecified atom stereocenters. The van der Waals surface area contributed by atoms with E-state index in [1.165, 1.54) is 0 Å². The molecule has 20 heavy (non-hydrogen) atoms. The molecule has 3 rings (SSSR count). The normalized spacial score (nSPS) is 15.7. The number of para-hydroxylation sites is 1. The first-order valence-corrected chi connectivity index (χ1v) is 6.80. The summed E-state index contributed by atoms with van der Waals surface area (Å²) in [7, 11) is 0. The Hall–Kier alpha value is -2.30. The second-order valence-electron chi connectivity index (χ2n) is 5.07. The van der Waals surface area contributed by atoms with Crippen LogP contribution in [0.1, 0.15) is 6.92 Å². The van der Waals surface area contributed by atoms with Gasteiger partial charge in [-0.15, -0.1) is 0 Å². The van der Waals surface area contributed by atoms with Gasteiger partial charge in [-0.3, -0.25) is 9.78 Å². The summed E-state index contributed by atoms with van der Waals surface area (Å²) in [5, 5.41) is 1.07. The highest BCUT2D eigenvalue weighted by molar-refractivity contribution is 5.98. The summed E-state index contributed by atoms with van der Waals surface area (Å²) in [5.74, 6) is 0.147. The molecule has 2 heterocycles. The maximum absolute atomic E-state index is 11.4. The topological polar surface area (TPSA) is 62.5 Å². The summed E-state index contributed by atoms with van der Waals surface area (Å²) in [5.41, 5.74) is 8.67. The third-order valence-electron chi connectivity index (χ3n) is 3.84. The number of aromatic nitrogens is 1. The molecule has 2 N–H and O–H groups in total. The van der Waals surface area contributed by atoms with Gasteiger partial charge < -0.3 is 15.5 Å². The smallest absolute Gasteiger partial charge is 0.219 e. The number of amides is 1. The molecular formula is C15H18N4O. The van der Waals surface area contributed by atoms with Gasteiger partial charge in [0.05, 0.1) is 11.2 Å². The quantitative estimate of drug-likeness (QED) is 0.797. The number of nitrogen functional groups attached to an aromatic ring is 1. The highest BCUT2D eigenvalue weighted by Crippen LogP contribution is 2.29. The van der Waals surface area contributed by atoms with Gasteiger partial charge in [0.25, 0.3) is 0 Å². The highest BCUT2D eigenvalue weighted by Gasteiger charge is 2.20. The first-order chi connectivity index (χ1) is 9.66. The van der Waals surface area contributed by atoms with Crippen LogP contribution in [0.4, 0.5) is 11.4 Å². The third kappa shape index (κ3) is 2.15. The summed E-state index contributed by atoms with van der Waals surface area (Å²) in [6, 6.07) is 7.89. The van der Waals surface area contributed by atoms with Crippen molar-refractivity contribution in [3.63, 3.8) is 0 Å². The average Bonchev–Trinajstić information content (AvgIpc) is 2.47. The second-order valence-corrected chi connectivity index (χ2v) is 5.07. The van der Waals surface area contributed by atoms with E-state index in [9.17, 15) is 4.79 Å². The van der Waals surface area contributed by atoms with Crippen molar-refractivity contribution in [2.75, 3.05) is 36.8 Å². The lowest BCUT2D eigenvalue weighted by atomic mass is 10.1.